The van der Waals surface area contributed by atoms with Crippen LogP contribution in [-0.4, -0.2) is 28.0 Å². The minimum atomic E-state index is -4.45. The Morgan fingerprint density at radius 1 is 1.06 bits per heavy atom. The predicted octanol–water partition coefficient (Wildman–Crippen LogP) is 5.06. The maximum absolute atomic E-state index is 13.0. The highest BCUT2D eigenvalue weighted by Gasteiger charge is 2.34. The molecule has 3 aromatic rings. The van der Waals surface area contributed by atoms with Crippen LogP contribution in [0.2, 0.25) is 0 Å². The first-order chi connectivity index (χ1) is 15.4. The minimum Gasteiger partial charge on any atom is -0.486 e. The highest BCUT2D eigenvalue weighted by Crippen LogP contribution is 2.31. The Labute approximate surface area is 188 Å². The molecule has 9 heteroatoms. The smallest absolute Gasteiger partial charge is 0.416 e. The summed E-state index contributed by atoms with van der Waals surface area (Å²) < 4.78 is 44.3. The number of hydrogen-bond acceptors (Lipinski definition) is 4. The fourth-order valence-corrected chi connectivity index (χ4v) is 3.25. The molecule has 33 heavy (non-hydrogen) atoms. The second kappa shape index (κ2) is 9.09. The van der Waals surface area contributed by atoms with Gasteiger partial charge in [-0.1, -0.05) is 45.0 Å². The predicted molar refractivity (Wildman–Crippen MR) is 116 cm³/mol. The Hall–Kier alpha value is -3.62. The molecular formula is C24H23F3N2O4. The van der Waals surface area contributed by atoms with Crippen LogP contribution >= 0.6 is 0 Å². The molecule has 1 heterocycles. The molecule has 0 fully saturated rings. The van der Waals surface area contributed by atoms with Crippen LogP contribution in [0.5, 0.6) is 5.75 Å². The normalized spacial score (nSPS) is 12.9. The number of pyridine rings is 1. The molecule has 3 rings (SSSR count). The maximum Gasteiger partial charge on any atom is 0.416 e. The summed E-state index contributed by atoms with van der Waals surface area (Å²) in [5.74, 6) is -1.72. The third-order valence-corrected chi connectivity index (χ3v) is 5.03. The molecule has 6 nitrogen and oxygen atoms in total. The summed E-state index contributed by atoms with van der Waals surface area (Å²) in [5.41, 5.74) is -0.624. The van der Waals surface area contributed by atoms with E-state index in [0.717, 1.165) is 12.1 Å². The van der Waals surface area contributed by atoms with Crippen molar-refractivity contribution < 1.29 is 32.6 Å². The monoisotopic (exact) mass is 460 g/mol. The van der Waals surface area contributed by atoms with Crippen molar-refractivity contribution >= 4 is 22.8 Å². The van der Waals surface area contributed by atoms with Gasteiger partial charge in [0.2, 0.25) is 0 Å². The molecule has 0 saturated carbocycles. The van der Waals surface area contributed by atoms with E-state index in [0.29, 0.717) is 16.5 Å². The summed E-state index contributed by atoms with van der Waals surface area (Å²) in [4.78, 5) is 29.0. The van der Waals surface area contributed by atoms with Crippen molar-refractivity contribution in [2.45, 2.75) is 39.6 Å². The van der Waals surface area contributed by atoms with Crippen molar-refractivity contribution in [3.8, 4) is 5.75 Å². The van der Waals surface area contributed by atoms with Gasteiger partial charge >= 0.3 is 12.1 Å². The highest BCUT2D eigenvalue weighted by atomic mass is 19.4. The van der Waals surface area contributed by atoms with Gasteiger partial charge in [0.1, 0.15) is 18.2 Å². The van der Waals surface area contributed by atoms with Crippen molar-refractivity contribution in [3.05, 3.63) is 71.4 Å². The molecule has 0 aliphatic heterocycles. The van der Waals surface area contributed by atoms with E-state index in [1.165, 1.54) is 24.4 Å². The van der Waals surface area contributed by atoms with E-state index in [4.69, 9.17) is 4.74 Å². The topological polar surface area (TPSA) is 88.5 Å². The molecule has 1 atom stereocenters. The standard InChI is InChI=1S/C24H23F3N2O4/c1-23(2,3)20(22(31)32)29-21(30)17-11-8-15-5-4-12-28-18(15)19(17)33-13-14-6-9-16(10-7-14)24(25,26)27/h4-12,20H,13H2,1-3H3,(H,29,30)(H,31,32)/t20-/m1/s1. The molecule has 0 aliphatic carbocycles. The van der Waals surface area contributed by atoms with Gasteiger partial charge in [0.25, 0.3) is 5.91 Å². The molecule has 0 radical (unpaired) electrons. The van der Waals surface area contributed by atoms with E-state index in [1.54, 1.807) is 39.0 Å². The van der Waals surface area contributed by atoms with Gasteiger partial charge in [-0.05, 0) is 35.2 Å². The lowest BCUT2D eigenvalue weighted by Gasteiger charge is -2.28. The van der Waals surface area contributed by atoms with E-state index < -0.39 is 35.1 Å². The lowest BCUT2D eigenvalue weighted by molar-refractivity contribution is -0.142. The van der Waals surface area contributed by atoms with Crippen molar-refractivity contribution in [3.63, 3.8) is 0 Å². The first kappa shape index (κ1) is 24.0. The van der Waals surface area contributed by atoms with Crippen LogP contribution in [0.15, 0.2) is 54.7 Å². The van der Waals surface area contributed by atoms with Gasteiger partial charge in [-0.15, -0.1) is 0 Å². The number of halogens is 3. The molecule has 2 aromatic carbocycles. The number of rotatable bonds is 6. The number of carboxylic acid groups (broad SMARTS) is 1. The first-order valence-corrected chi connectivity index (χ1v) is 10.1. The molecule has 0 spiro atoms. The molecule has 1 amide bonds. The van der Waals surface area contributed by atoms with Crippen LogP contribution in [0.1, 0.15) is 42.3 Å². The summed E-state index contributed by atoms with van der Waals surface area (Å²) in [6.07, 6.45) is -2.93. The number of carboxylic acids is 1. The number of hydrogen-bond donors (Lipinski definition) is 2. The number of aromatic nitrogens is 1. The molecule has 174 valence electrons. The minimum absolute atomic E-state index is 0.0728. The Morgan fingerprint density at radius 3 is 2.30 bits per heavy atom. The summed E-state index contributed by atoms with van der Waals surface area (Å²) >= 11 is 0. The SMILES string of the molecule is CC(C)(C)[C@H](NC(=O)c1ccc2cccnc2c1OCc1ccc(C(F)(F)F)cc1)C(=O)O. The number of benzene rings is 2. The van der Waals surface area contributed by atoms with Crippen molar-refractivity contribution in [1.29, 1.82) is 0 Å². The van der Waals surface area contributed by atoms with Crippen LogP contribution in [-0.2, 0) is 17.6 Å². The van der Waals surface area contributed by atoms with E-state index in [-0.39, 0.29) is 17.9 Å². The van der Waals surface area contributed by atoms with Crippen molar-refractivity contribution in [2.75, 3.05) is 0 Å². The molecular weight excluding hydrogens is 437 g/mol. The zero-order valence-corrected chi connectivity index (χ0v) is 18.2. The summed E-state index contributed by atoms with van der Waals surface area (Å²) in [7, 11) is 0. The largest absolute Gasteiger partial charge is 0.486 e. The number of ether oxygens (including phenoxy) is 1. The van der Waals surface area contributed by atoms with Crippen LogP contribution in [0.4, 0.5) is 13.2 Å². The second-order valence-electron chi connectivity index (χ2n) is 8.61. The number of aliphatic carboxylic acids is 1. The summed E-state index contributed by atoms with van der Waals surface area (Å²) in [6, 6.07) is 9.97. The van der Waals surface area contributed by atoms with Gasteiger partial charge in [-0.25, -0.2) is 4.79 Å². The Kier molecular flexibility index (Phi) is 6.62. The van der Waals surface area contributed by atoms with Crippen molar-refractivity contribution in [1.82, 2.24) is 10.3 Å². The number of carbonyl (C=O) groups excluding carboxylic acids is 1. The third kappa shape index (κ3) is 5.60. The number of fused-ring (bicyclic) bond motifs is 1. The Bertz CT molecular complexity index is 1170. The van der Waals surface area contributed by atoms with Gasteiger partial charge in [0, 0.05) is 11.6 Å². The van der Waals surface area contributed by atoms with Gasteiger partial charge < -0.3 is 15.2 Å². The van der Waals surface area contributed by atoms with Gasteiger partial charge in [-0.3, -0.25) is 9.78 Å². The number of nitrogens with zero attached hydrogens (tertiary/aromatic N) is 1. The van der Waals surface area contributed by atoms with E-state index in [1.807, 2.05) is 0 Å². The van der Waals surface area contributed by atoms with Crippen molar-refractivity contribution in [2.24, 2.45) is 5.41 Å². The highest BCUT2D eigenvalue weighted by molar-refractivity contribution is 6.04. The van der Waals surface area contributed by atoms with Crippen LogP contribution in [0, 0.1) is 5.41 Å². The fraction of sp³-hybridized carbons (Fsp3) is 0.292. The second-order valence-corrected chi connectivity index (χ2v) is 8.61. The van der Waals surface area contributed by atoms with Crippen LogP contribution in [0.3, 0.4) is 0 Å². The summed E-state index contributed by atoms with van der Waals surface area (Å²) in [5, 5.41) is 12.8. The molecule has 1 aromatic heterocycles. The zero-order chi connectivity index (χ0) is 24.4. The van der Waals surface area contributed by atoms with E-state index >= 15 is 0 Å². The summed E-state index contributed by atoms with van der Waals surface area (Å²) in [6.45, 7) is 4.96. The quantitative estimate of drug-likeness (QED) is 0.537. The van der Waals surface area contributed by atoms with Crippen LogP contribution in [0.25, 0.3) is 10.9 Å². The lowest BCUT2D eigenvalue weighted by atomic mass is 9.86. The van der Waals surface area contributed by atoms with E-state index in [2.05, 4.69) is 10.3 Å². The fourth-order valence-electron chi connectivity index (χ4n) is 3.25. The Morgan fingerprint density at radius 2 is 1.73 bits per heavy atom. The van der Waals surface area contributed by atoms with Gasteiger partial charge in [-0.2, -0.15) is 13.2 Å². The molecule has 0 aliphatic rings. The third-order valence-electron chi connectivity index (χ3n) is 5.03. The number of amides is 1. The average Bonchev–Trinajstić information content (AvgIpc) is 2.74. The lowest BCUT2D eigenvalue weighted by Crippen LogP contribution is -2.49. The zero-order valence-electron chi connectivity index (χ0n) is 18.2. The first-order valence-electron chi connectivity index (χ1n) is 10.1. The Balaban J connectivity index is 1.94. The van der Waals surface area contributed by atoms with Gasteiger partial charge in [0.15, 0.2) is 5.75 Å². The average molecular weight is 460 g/mol. The number of alkyl halides is 3. The maximum atomic E-state index is 13.0. The molecule has 0 saturated heterocycles. The molecule has 0 bridgehead atoms. The van der Waals surface area contributed by atoms with E-state index in [9.17, 15) is 27.9 Å². The number of carbonyl (C=O) groups is 2. The van der Waals surface area contributed by atoms with Crippen LogP contribution < -0.4 is 10.1 Å². The molecule has 2 N–H and O–H groups in total. The molecule has 0 unspecified atom stereocenters. The number of nitrogens with one attached hydrogen (secondary N) is 1. The van der Waals surface area contributed by atoms with Gasteiger partial charge in [0.05, 0.1) is 11.1 Å².